The van der Waals surface area contributed by atoms with Crippen molar-refractivity contribution in [1.29, 1.82) is 0 Å². The topological polar surface area (TPSA) is 133 Å². The zero-order chi connectivity index (χ0) is 26.4. The number of rotatable bonds is 4. The quantitative estimate of drug-likeness (QED) is 0.355. The molecule has 11 nitrogen and oxygen atoms in total. The van der Waals surface area contributed by atoms with E-state index in [9.17, 15) is 4.79 Å². The van der Waals surface area contributed by atoms with Gasteiger partial charge >= 0.3 is 0 Å². The van der Waals surface area contributed by atoms with Crippen LogP contribution in [0, 0.1) is 6.92 Å². The fourth-order valence-electron chi connectivity index (χ4n) is 4.67. The molecule has 190 valence electrons. The molecule has 0 atom stereocenters. The molecule has 0 spiro atoms. The zero-order valence-corrected chi connectivity index (χ0v) is 21.3. The highest BCUT2D eigenvalue weighted by Crippen LogP contribution is 2.31. The van der Waals surface area contributed by atoms with E-state index in [1.807, 2.05) is 62.8 Å². The second-order valence-corrected chi connectivity index (χ2v) is 9.49. The number of carbonyl (C=O) groups is 1. The van der Waals surface area contributed by atoms with Crippen molar-refractivity contribution in [1.82, 2.24) is 39.6 Å². The van der Waals surface area contributed by atoms with Gasteiger partial charge in [0, 0.05) is 61.8 Å². The maximum Gasteiger partial charge on any atom is 0.244 e. The highest BCUT2D eigenvalue weighted by atomic mass is 16.2. The number of benzene rings is 1. The summed E-state index contributed by atoms with van der Waals surface area (Å²) >= 11 is 0. The average Bonchev–Trinajstić information content (AvgIpc) is 3.46. The number of carbonyl (C=O) groups excluding carboxylic acids is 1. The molecule has 0 aliphatic carbocycles. The SMILES string of the molecule is Cc1ccncc1-c1cc(N)c2nnc(Nc3cc4n(n3)CC(=O)N(C)C/C4=C\c3cnn(C)c3)cc2c1. The summed E-state index contributed by atoms with van der Waals surface area (Å²) in [5, 5.41) is 21.7. The first-order valence-electron chi connectivity index (χ1n) is 12.1. The number of fused-ring (bicyclic) bond motifs is 2. The van der Waals surface area contributed by atoms with Gasteiger partial charge in [-0.1, -0.05) is 0 Å². The third kappa shape index (κ3) is 4.34. The lowest BCUT2D eigenvalue weighted by atomic mass is 10.0. The van der Waals surface area contributed by atoms with Crippen LogP contribution in [0.15, 0.2) is 55.1 Å². The Labute approximate surface area is 218 Å². The molecule has 4 aromatic heterocycles. The molecule has 0 saturated carbocycles. The van der Waals surface area contributed by atoms with Gasteiger partial charge in [0.2, 0.25) is 5.91 Å². The smallest absolute Gasteiger partial charge is 0.244 e. The number of likely N-dealkylation sites (N-methyl/N-ethyl adjacent to an activating group) is 1. The summed E-state index contributed by atoms with van der Waals surface area (Å²) < 4.78 is 3.46. The van der Waals surface area contributed by atoms with Crippen LogP contribution in [-0.4, -0.2) is 59.1 Å². The fraction of sp³-hybridized carbons (Fsp3) is 0.185. The van der Waals surface area contributed by atoms with Gasteiger partial charge in [-0.2, -0.15) is 10.2 Å². The Hall–Kier alpha value is -5.06. The van der Waals surface area contributed by atoms with Crippen molar-refractivity contribution in [3.8, 4) is 11.1 Å². The lowest BCUT2D eigenvalue weighted by Crippen LogP contribution is -2.28. The molecule has 5 heterocycles. The van der Waals surface area contributed by atoms with E-state index in [0.717, 1.165) is 38.9 Å². The number of amides is 1. The van der Waals surface area contributed by atoms with Crippen molar-refractivity contribution in [2.75, 3.05) is 24.6 Å². The lowest BCUT2D eigenvalue weighted by molar-refractivity contribution is -0.129. The van der Waals surface area contributed by atoms with Crippen LogP contribution >= 0.6 is 0 Å². The van der Waals surface area contributed by atoms with Gasteiger partial charge < -0.3 is 16.0 Å². The predicted molar refractivity (Wildman–Crippen MR) is 146 cm³/mol. The van der Waals surface area contributed by atoms with Crippen molar-refractivity contribution in [2.45, 2.75) is 13.5 Å². The van der Waals surface area contributed by atoms with Gasteiger partial charge in [-0.05, 0) is 54.0 Å². The lowest BCUT2D eigenvalue weighted by Gasteiger charge is -2.14. The minimum Gasteiger partial charge on any atom is -0.397 e. The number of nitrogen functional groups attached to an aromatic ring is 1. The molecule has 0 saturated heterocycles. The van der Waals surface area contributed by atoms with E-state index in [1.165, 1.54) is 0 Å². The van der Waals surface area contributed by atoms with Crippen LogP contribution < -0.4 is 11.1 Å². The van der Waals surface area contributed by atoms with E-state index >= 15 is 0 Å². The van der Waals surface area contributed by atoms with Crippen LogP contribution in [0.25, 0.3) is 33.7 Å². The largest absolute Gasteiger partial charge is 0.397 e. The van der Waals surface area contributed by atoms with Crippen LogP contribution in [-0.2, 0) is 18.4 Å². The summed E-state index contributed by atoms with van der Waals surface area (Å²) in [6.07, 6.45) is 9.34. The van der Waals surface area contributed by atoms with E-state index in [2.05, 4.69) is 30.7 Å². The van der Waals surface area contributed by atoms with Crippen LogP contribution in [0.3, 0.4) is 0 Å². The van der Waals surface area contributed by atoms with Crippen LogP contribution in [0.1, 0.15) is 16.8 Å². The predicted octanol–water partition coefficient (Wildman–Crippen LogP) is 3.27. The summed E-state index contributed by atoms with van der Waals surface area (Å²) in [6.45, 7) is 2.65. The average molecular weight is 507 g/mol. The van der Waals surface area contributed by atoms with Crippen molar-refractivity contribution < 1.29 is 4.79 Å². The highest BCUT2D eigenvalue weighted by molar-refractivity contribution is 5.95. The normalized spacial score (nSPS) is 14.7. The van der Waals surface area contributed by atoms with Crippen LogP contribution in [0.5, 0.6) is 0 Å². The molecule has 1 aromatic carbocycles. The maximum atomic E-state index is 12.7. The van der Waals surface area contributed by atoms with Gasteiger partial charge in [-0.3, -0.25) is 19.1 Å². The first-order chi connectivity index (χ1) is 18.3. The van der Waals surface area contributed by atoms with Gasteiger partial charge in [0.05, 0.1) is 17.6 Å². The summed E-state index contributed by atoms with van der Waals surface area (Å²) in [5.41, 5.74) is 13.3. The monoisotopic (exact) mass is 506 g/mol. The van der Waals surface area contributed by atoms with Crippen LogP contribution in [0.2, 0.25) is 0 Å². The Morgan fingerprint density at radius 2 is 1.92 bits per heavy atom. The summed E-state index contributed by atoms with van der Waals surface area (Å²) in [7, 11) is 3.67. The van der Waals surface area contributed by atoms with Crippen molar-refractivity contribution >= 4 is 45.8 Å². The van der Waals surface area contributed by atoms with Gasteiger partial charge in [0.15, 0.2) is 11.6 Å². The third-order valence-electron chi connectivity index (χ3n) is 6.62. The first kappa shape index (κ1) is 23.3. The fourth-order valence-corrected chi connectivity index (χ4v) is 4.67. The standard InChI is InChI=1S/C27H26N10O/c1-16-4-5-29-12-21(16)18-7-19-9-24(32-33-27(19)22(28)8-18)31-25-10-23-20(6-17-11-30-36(3)13-17)14-35(2)26(38)15-37(23)34-25/h4-13H,14-15,28H2,1-3H3,(H,31,32,34)/b20-6+. The molecule has 1 aliphatic rings. The number of nitrogens with one attached hydrogen (secondary N) is 1. The van der Waals surface area contributed by atoms with E-state index < -0.39 is 0 Å². The molecule has 0 unspecified atom stereocenters. The molecule has 38 heavy (non-hydrogen) atoms. The number of anilines is 3. The maximum absolute atomic E-state index is 12.7. The molecular formula is C27H26N10O. The van der Waals surface area contributed by atoms with Crippen molar-refractivity contribution in [2.24, 2.45) is 7.05 Å². The van der Waals surface area contributed by atoms with E-state index in [4.69, 9.17) is 5.73 Å². The molecule has 0 fully saturated rings. The van der Waals surface area contributed by atoms with E-state index in [0.29, 0.717) is 29.4 Å². The van der Waals surface area contributed by atoms with Gasteiger partial charge in [0.1, 0.15) is 12.1 Å². The number of nitrogens with zero attached hydrogens (tertiary/aromatic N) is 8. The Morgan fingerprint density at radius 3 is 2.71 bits per heavy atom. The molecule has 6 rings (SSSR count). The Bertz CT molecular complexity index is 1730. The Balaban J connectivity index is 1.36. The summed E-state index contributed by atoms with van der Waals surface area (Å²) in [4.78, 5) is 18.6. The number of aromatic nitrogens is 7. The molecule has 1 aliphatic heterocycles. The minimum atomic E-state index is -0.0188. The second-order valence-electron chi connectivity index (χ2n) is 9.49. The number of pyridine rings is 1. The molecular weight excluding hydrogens is 480 g/mol. The Morgan fingerprint density at radius 1 is 1.05 bits per heavy atom. The number of hydrogen-bond donors (Lipinski definition) is 2. The molecule has 5 aromatic rings. The number of aryl methyl sites for hydroxylation is 2. The molecule has 3 N–H and O–H groups in total. The number of hydrogen-bond acceptors (Lipinski definition) is 8. The Kier molecular flexibility index (Phi) is 5.60. The summed E-state index contributed by atoms with van der Waals surface area (Å²) in [5.74, 6) is 1.07. The molecule has 0 bridgehead atoms. The highest BCUT2D eigenvalue weighted by Gasteiger charge is 2.23. The molecule has 0 radical (unpaired) electrons. The van der Waals surface area contributed by atoms with Gasteiger partial charge in [-0.25, -0.2) is 0 Å². The second kappa shape index (κ2) is 9.11. The zero-order valence-electron chi connectivity index (χ0n) is 21.3. The van der Waals surface area contributed by atoms with Gasteiger partial charge in [-0.15, -0.1) is 10.2 Å². The molecule has 1 amide bonds. The van der Waals surface area contributed by atoms with Crippen molar-refractivity contribution in [3.63, 3.8) is 0 Å². The van der Waals surface area contributed by atoms with E-state index in [1.54, 1.807) is 33.7 Å². The number of nitrogens with two attached hydrogens (primary N) is 1. The van der Waals surface area contributed by atoms with E-state index in [-0.39, 0.29) is 12.5 Å². The van der Waals surface area contributed by atoms with Crippen molar-refractivity contribution in [3.05, 3.63) is 71.9 Å². The molecule has 11 heteroatoms. The first-order valence-corrected chi connectivity index (χ1v) is 12.1. The minimum absolute atomic E-state index is 0.0188. The summed E-state index contributed by atoms with van der Waals surface area (Å²) in [6, 6.07) is 9.70. The third-order valence-corrected chi connectivity index (χ3v) is 6.62. The van der Waals surface area contributed by atoms with Crippen LogP contribution in [0.4, 0.5) is 17.3 Å². The van der Waals surface area contributed by atoms with Gasteiger partial charge in [0.25, 0.3) is 0 Å².